The van der Waals surface area contributed by atoms with E-state index in [1.54, 1.807) is 32.7 Å². The molecule has 4 rings (SSSR count). The van der Waals surface area contributed by atoms with E-state index in [9.17, 15) is 0 Å². The van der Waals surface area contributed by atoms with Gasteiger partial charge in [0.1, 0.15) is 11.5 Å². The summed E-state index contributed by atoms with van der Waals surface area (Å²) in [5.74, 6) is 2.67. The van der Waals surface area contributed by atoms with E-state index in [-0.39, 0.29) is 0 Å². The predicted molar refractivity (Wildman–Crippen MR) is 97.4 cm³/mol. The summed E-state index contributed by atoms with van der Waals surface area (Å²) < 4.78 is 10.8. The quantitative estimate of drug-likeness (QED) is 0.716. The molecule has 0 unspecified atom stereocenters. The molecule has 0 saturated heterocycles. The van der Waals surface area contributed by atoms with Crippen LogP contribution in [0.3, 0.4) is 0 Å². The van der Waals surface area contributed by atoms with E-state index in [4.69, 9.17) is 9.47 Å². The Balaban J connectivity index is 1.61. The highest BCUT2D eigenvalue weighted by atomic mass is 16.5. The number of rotatable bonds is 4. The fraction of sp³-hybridized carbons (Fsp3) is 0.263. The zero-order valence-electron chi connectivity index (χ0n) is 14.7. The fourth-order valence-corrected chi connectivity index (χ4v) is 3.03. The minimum atomic E-state index is 0.551. The summed E-state index contributed by atoms with van der Waals surface area (Å²) in [5, 5.41) is 0. The number of hydrogen-bond acceptors (Lipinski definition) is 7. The number of methoxy groups -OCH3 is 2. The van der Waals surface area contributed by atoms with Crippen molar-refractivity contribution in [3.8, 4) is 23.1 Å². The van der Waals surface area contributed by atoms with Crippen LogP contribution in [-0.2, 0) is 13.0 Å². The molecule has 1 aliphatic rings. The second-order valence-electron chi connectivity index (χ2n) is 5.98. The largest absolute Gasteiger partial charge is 0.497 e. The van der Waals surface area contributed by atoms with Gasteiger partial charge in [-0.2, -0.15) is 0 Å². The van der Waals surface area contributed by atoms with E-state index in [2.05, 4.69) is 24.8 Å². The average Bonchev–Trinajstić information content (AvgIpc) is 2.73. The van der Waals surface area contributed by atoms with Crippen LogP contribution < -0.4 is 14.4 Å². The number of ether oxygens (including phenoxy) is 2. The third kappa shape index (κ3) is 3.15. The molecule has 0 amide bonds. The lowest BCUT2D eigenvalue weighted by Crippen LogP contribution is -2.31. The van der Waals surface area contributed by atoms with Gasteiger partial charge in [0, 0.05) is 67.6 Å². The first-order valence-corrected chi connectivity index (χ1v) is 8.37. The second-order valence-corrected chi connectivity index (χ2v) is 5.98. The molecule has 0 bridgehead atoms. The number of fused-ring (bicyclic) bond motifs is 1. The smallest absolute Gasteiger partial charge is 0.197 e. The van der Waals surface area contributed by atoms with Crippen LogP contribution in [-0.4, -0.2) is 40.7 Å². The van der Waals surface area contributed by atoms with Crippen molar-refractivity contribution in [2.75, 3.05) is 25.7 Å². The van der Waals surface area contributed by atoms with Gasteiger partial charge in [-0.05, 0) is 6.07 Å². The van der Waals surface area contributed by atoms with Crippen molar-refractivity contribution in [3.63, 3.8) is 0 Å². The van der Waals surface area contributed by atoms with E-state index in [0.29, 0.717) is 11.6 Å². The lowest BCUT2D eigenvalue weighted by molar-refractivity contribution is 0.394. The molecule has 7 nitrogen and oxygen atoms in total. The highest BCUT2D eigenvalue weighted by Gasteiger charge is 2.20. The molecule has 7 heteroatoms. The van der Waals surface area contributed by atoms with Gasteiger partial charge in [-0.1, -0.05) is 0 Å². The average molecular weight is 349 g/mol. The van der Waals surface area contributed by atoms with Crippen molar-refractivity contribution in [3.05, 3.63) is 54.1 Å². The number of nitrogens with zero attached hydrogens (tertiary/aromatic N) is 5. The first-order valence-electron chi connectivity index (χ1n) is 8.37. The molecule has 0 atom stereocenters. The highest BCUT2D eigenvalue weighted by molar-refractivity contribution is 5.57. The van der Waals surface area contributed by atoms with Crippen LogP contribution >= 0.6 is 0 Å². The maximum Gasteiger partial charge on any atom is 0.197 e. The summed E-state index contributed by atoms with van der Waals surface area (Å²) in [6.07, 6.45) is 6.10. The molecule has 0 radical (unpaired) electrons. The molecule has 0 saturated carbocycles. The van der Waals surface area contributed by atoms with Crippen molar-refractivity contribution in [1.82, 2.24) is 19.9 Å². The normalized spacial score (nSPS) is 13.2. The molecule has 3 aromatic rings. The fourth-order valence-electron chi connectivity index (χ4n) is 3.03. The van der Waals surface area contributed by atoms with Crippen molar-refractivity contribution in [2.24, 2.45) is 0 Å². The van der Waals surface area contributed by atoms with Crippen molar-refractivity contribution in [1.29, 1.82) is 0 Å². The molecule has 2 aromatic heterocycles. The number of aromatic nitrogens is 4. The van der Waals surface area contributed by atoms with Crippen LogP contribution in [0.25, 0.3) is 11.6 Å². The van der Waals surface area contributed by atoms with Gasteiger partial charge in [0.05, 0.1) is 19.9 Å². The van der Waals surface area contributed by atoms with E-state index >= 15 is 0 Å². The molecule has 0 N–H and O–H groups in total. The Bertz CT molecular complexity index is 895. The van der Waals surface area contributed by atoms with Crippen LogP contribution in [0.1, 0.15) is 11.3 Å². The number of benzene rings is 1. The minimum Gasteiger partial charge on any atom is -0.497 e. The minimum absolute atomic E-state index is 0.551. The van der Waals surface area contributed by atoms with E-state index < -0.39 is 0 Å². The van der Waals surface area contributed by atoms with E-state index in [1.807, 2.05) is 24.4 Å². The summed E-state index contributed by atoms with van der Waals surface area (Å²) in [5.41, 5.74) is 3.22. The first-order chi connectivity index (χ1) is 12.8. The molecule has 0 fully saturated rings. The predicted octanol–water partition coefficient (Wildman–Crippen LogP) is 2.51. The first kappa shape index (κ1) is 16.3. The zero-order chi connectivity index (χ0) is 17.9. The third-order valence-electron chi connectivity index (χ3n) is 4.40. The number of hydrogen-bond donors (Lipinski definition) is 0. The summed E-state index contributed by atoms with van der Waals surface area (Å²) in [6.45, 7) is 1.59. The van der Waals surface area contributed by atoms with E-state index in [1.165, 1.54) is 0 Å². The molecule has 132 valence electrons. The molecule has 0 spiro atoms. The Morgan fingerprint density at radius 2 is 1.65 bits per heavy atom. The maximum absolute atomic E-state index is 5.38. The van der Waals surface area contributed by atoms with Gasteiger partial charge in [0.2, 0.25) is 0 Å². The van der Waals surface area contributed by atoms with Gasteiger partial charge >= 0.3 is 0 Å². The lowest BCUT2D eigenvalue weighted by Gasteiger charge is -2.30. The van der Waals surface area contributed by atoms with Crippen LogP contribution in [0.2, 0.25) is 0 Å². The van der Waals surface area contributed by atoms with Crippen molar-refractivity contribution < 1.29 is 9.47 Å². The Labute approximate surface area is 151 Å². The number of anilines is 1. The monoisotopic (exact) mass is 349 g/mol. The van der Waals surface area contributed by atoms with E-state index in [0.717, 1.165) is 48.0 Å². The molecule has 1 aliphatic heterocycles. The summed E-state index contributed by atoms with van der Waals surface area (Å²) in [7, 11) is 3.32. The van der Waals surface area contributed by atoms with Gasteiger partial charge < -0.3 is 14.4 Å². The molecule has 1 aromatic carbocycles. The highest BCUT2D eigenvalue weighted by Crippen LogP contribution is 2.31. The Hall–Kier alpha value is -3.22. The molecule has 0 aliphatic carbocycles. The van der Waals surface area contributed by atoms with Crippen LogP contribution in [0.4, 0.5) is 5.69 Å². The lowest BCUT2D eigenvalue weighted by atomic mass is 10.1. The van der Waals surface area contributed by atoms with Crippen molar-refractivity contribution in [2.45, 2.75) is 13.0 Å². The maximum atomic E-state index is 5.38. The summed E-state index contributed by atoms with van der Waals surface area (Å²) in [6, 6.07) is 7.68. The topological polar surface area (TPSA) is 73.3 Å². The van der Waals surface area contributed by atoms with Crippen molar-refractivity contribution >= 4 is 5.69 Å². The second kappa shape index (κ2) is 6.95. The van der Waals surface area contributed by atoms with Crippen LogP contribution in [0, 0.1) is 0 Å². The molecule has 3 heterocycles. The van der Waals surface area contributed by atoms with Gasteiger partial charge in [0.15, 0.2) is 11.6 Å². The molecule has 26 heavy (non-hydrogen) atoms. The van der Waals surface area contributed by atoms with Gasteiger partial charge in [-0.25, -0.2) is 19.9 Å². The molecular weight excluding hydrogens is 330 g/mol. The SMILES string of the molecule is COc1cc(OC)cc(N2CCc3nc(-c4ncccn4)ncc3C2)c1. The van der Waals surface area contributed by atoms with Crippen LogP contribution in [0.5, 0.6) is 11.5 Å². The Morgan fingerprint density at radius 1 is 0.923 bits per heavy atom. The Morgan fingerprint density at radius 3 is 2.35 bits per heavy atom. The summed E-state index contributed by atoms with van der Waals surface area (Å²) in [4.78, 5) is 19.8. The van der Waals surface area contributed by atoms with Gasteiger partial charge in [0.25, 0.3) is 0 Å². The third-order valence-corrected chi connectivity index (χ3v) is 4.40. The van der Waals surface area contributed by atoms with Gasteiger partial charge in [-0.15, -0.1) is 0 Å². The summed E-state index contributed by atoms with van der Waals surface area (Å²) >= 11 is 0. The van der Waals surface area contributed by atoms with Gasteiger partial charge in [-0.3, -0.25) is 0 Å². The standard InChI is InChI=1S/C19H19N5O2/c1-25-15-8-14(9-16(10-15)26-2)24-7-4-17-13(12-24)11-22-19(23-17)18-20-5-3-6-21-18/h3,5-6,8-11H,4,7,12H2,1-2H3. The zero-order valence-corrected chi connectivity index (χ0v) is 14.7. The Kier molecular flexibility index (Phi) is 4.35. The van der Waals surface area contributed by atoms with Crippen LogP contribution in [0.15, 0.2) is 42.9 Å². The molecular formula is C19H19N5O2.